The molecule has 0 aliphatic rings. The minimum absolute atomic E-state index is 0.358. The van der Waals surface area contributed by atoms with Crippen molar-refractivity contribution in [1.29, 1.82) is 0 Å². The highest BCUT2D eigenvalue weighted by atomic mass is 14.9. The zero-order chi connectivity index (χ0) is 12.2. The van der Waals surface area contributed by atoms with Crippen molar-refractivity contribution in [3.8, 4) is 0 Å². The van der Waals surface area contributed by atoms with E-state index in [1.807, 2.05) is 19.3 Å². The normalized spacial score (nSPS) is 13.8. The van der Waals surface area contributed by atoms with Crippen molar-refractivity contribution in [3.05, 3.63) is 29.6 Å². The minimum atomic E-state index is 0.358. The smallest absolute Gasteiger partial charge is 0.0448 e. The van der Waals surface area contributed by atoms with Crippen molar-refractivity contribution in [2.24, 2.45) is 5.41 Å². The Morgan fingerprint density at radius 1 is 1.38 bits per heavy atom. The first kappa shape index (κ1) is 13.2. The van der Waals surface area contributed by atoms with E-state index in [9.17, 15) is 0 Å². The van der Waals surface area contributed by atoms with Crippen LogP contribution in [0.3, 0.4) is 0 Å². The molecule has 0 saturated heterocycles. The second-order valence-electron chi connectivity index (χ2n) is 5.72. The van der Waals surface area contributed by atoms with Gasteiger partial charge < -0.3 is 5.32 Å². The van der Waals surface area contributed by atoms with Crippen molar-refractivity contribution in [2.75, 3.05) is 7.05 Å². The van der Waals surface area contributed by atoms with E-state index in [0.717, 1.165) is 6.42 Å². The Morgan fingerprint density at radius 3 is 2.56 bits per heavy atom. The zero-order valence-corrected chi connectivity index (χ0v) is 11.2. The number of aromatic nitrogens is 1. The summed E-state index contributed by atoms with van der Waals surface area (Å²) in [6.45, 7) is 8.97. The van der Waals surface area contributed by atoms with Gasteiger partial charge in [-0.05, 0) is 37.4 Å². The third-order valence-corrected chi connectivity index (χ3v) is 2.82. The zero-order valence-electron chi connectivity index (χ0n) is 11.2. The summed E-state index contributed by atoms with van der Waals surface area (Å²) in [5, 5.41) is 3.39. The average molecular weight is 220 g/mol. The summed E-state index contributed by atoms with van der Waals surface area (Å²) in [4.78, 5) is 4.46. The standard InChI is InChI=1S/C14H24N2/c1-11-7-6-8-16-13(11)9-12(15-5)10-14(2,3)4/h6-8,12,15H,9-10H2,1-5H3. The summed E-state index contributed by atoms with van der Waals surface area (Å²) >= 11 is 0. The first-order valence-electron chi connectivity index (χ1n) is 6.00. The Kier molecular flexibility index (Phi) is 4.48. The van der Waals surface area contributed by atoms with Gasteiger partial charge in [0.05, 0.1) is 0 Å². The van der Waals surface area contributed by atoms with Crippen molar-refractivity contribution < 1.29 is 0 Å². The van der Waals surface area contributed by atoms with Gasteiger partial charge in [0.25, 0.3) is 0 Å². The molecule has 1 N–H and O–H groups in total. The first-order chi connectivity index (χ1) is 7.42. The predicted octanol–water partition coefficient (Wildman–Crippen LogP) is 2.96. The highest BCUT2D eigenvalue weighted by Gasteiger charge is 2.18. The highest BCUT2D eigenvalue weighted by Crippen LogP contribution is 2.22. The maximum atomic E-state index is 4.46. The van der Waals surface area contributed by atoms with E-state index >= 15 is 0 Å². The molecule has 0 radical (unpaired) electrons. The fourth-order valence-electron chi connectivity index (χ4n) is 1.98. The van der Waals surface area contributed by atoms with Gasteiger partial charge in [-0.25, -0.2) is 0 Å². The van der Waals surface area contributed by atoms with Crippen molar-refractivity contribution >= 4 is 0 Å². The van der Waals surface area contributed by atoms with Gasteiger partial charge >= 0.3 is 0 Å². The van der Waals surface area contributed by atoms with Gasteiger partial charge in [-0.2, -0.15) is 0 Å². The molecule has 16 heavy (non-hydrogen) atoms. The molecule has 1 rings (SSSR count). The molecule has 1 aromatic heterocycles. The van der Waals surface area contributed by atoms with Crippen LogP contribution in [0.25, 0.3) is 0 Å². The number of hydrogen-bond donors (Lipinski definition) is 1. The van der Waals surface area contributed by atoms with Crippen molar-refractivity contribution in [2.45, 2.75) is 46.6 Å². The van der Waals surface area contributed by atoms with Gasteiger partial charge in [0.1, 0.15) is 0 Å². The summed E-state index contributed by atoms with van der Waals surface area (Å²) in [5.74, 6) is 0. The lowest BCUT2D eigenvalue weighted by Gasteiger charge is -2.25. The third-order valence-electron chi connectivity index (χ3n) is 2.82. The SMILES string of the molecule is CNC(Cc1ncccc1C)CC(C)(C)C. The molecule has 0 spiro atoms. The highest BCUT2D eigenvalue weighted by molar-refractivity contribution is 5.18. The molecule has 2 nitrogen and oxygen atoms in total. The Balaban J connectivity index is 2.67. The first-order valence-corrected chi connectivity index (χ1v) is 6.00. The summed E-state index contributed by atoms with van der Waals surface area (Å²) in [7, 11) is 2.04. The molecule has 1 unspecified atom stereocenters. The van der Waals surface area contributed by atoms with Crippen LogP contribution in [0, 0.1) is 12.3 Å². The molecule has 0 bridgehead atoms. The Morgan fingerprint density at radius 2 is 2.06 bits per heavy atom. The number of likely N-dealkylation sites (N-methyl/N-ethyl adjacent to an activating group) is 1. The van der Waals surface area contributed by atoms with Crippen LogP contribution in [0.15, 0.2) is 18.3 Å². The lowest BCUT2D eigenvalue weighted by Crippen LogP contribution is -2.32. The van der Waals surface area contributed by atoms with Crippen LogP contribution in [0.4, 0.5) is 0 Å². The fourth-order valence-corrected chi connectivity index (χ4v) is 1.98. The van der Waals surface area contributed by atoms with Crippen LogP contribution in [-0.2, 0) is 6.42 Å². The number of nitrogens with one attached hydrogen (secondary N) is 1. The molecule has 1 heterocycles. The van der Waals surface area contributed by atoms with Crippen LogP contribution in [0.1, 0.15) is 38.4 Å². The molecule has 0 fully saturated rings. The van der Waals surface area contributed by atoms with Gasteiger partial charge in [-0.1, -0.05) is 26.8 Å². The van der Waals surface area contributed by atoms with Gasteiger partial charge in [0.2, 0.25) is 0 Å². The summed E-state index contributed by atoms with van der Waals surface area (Å²) in [6, 6.07) is 4.64. The van der Waals surface area contributed by atoms with E-state index in [1.165, 1.54) is 17.7 Å². The molecule has 0 aromatic carbocycles. The van der Waals surface area contributed by atoms with Crippen LogP contribution < -0.4 is 5.32 Å². The van der Waals surface area contributed by atoms with Crippen LogP contribution in [-0.4, -0.2) is 18.1 Å². The Bertz CT molecular complexity index is 326. The lowest BCUT2D eigenvalue weighted by molar-refractivity contribution is 0.314. The molecular formula is C14H24N2. The minimum Gasteiger partial charge on any atom is -0.317 e. The fraction of sp³-hybridized carbons (Fsp3) is 0.643. The number of pyridine rings is 1. The Labute approximate surface area is 99.5 Å². The van der Waals surface area contributed by atoms with Crippen LogP contribution >= 0.6 is 0 Å². The predicted molar refractivity (Wildman–Crippen MR) is 69.6 cm³/mol. The third kappa shape index (κ3) is 4.31. The Hall–Kier alpha value is -0.890. The molecule has 0 aliphatic carbocycles. The molecule has 0 saturated carbocycles. The van der Waals surface area contributed by atoms with E-state index in [2.05, 4.69) is 44.1 Å². The molecular weight excluding hydrogens is 196 g/mol. The molecule has 1 aromatic rings. The number of rotatable bonds is 4. The summed E-state index contributed by atoms with van der Waals surface area (Å²) in [6.07, 6.45) is 4.06. The summed E-state index contributed by atoms with van der Waals surface area (Å²) < 4.78 is 0. The maximum Gasteiger partial charge on any atom is 0.0448 e. The monoisotopic (exact) mass is 220 g/mol. The average Bonchev–Trinajstić information content (AvgIpc) is 2.18. The second kappa shape index (κ2) is 5.44. The van der Waals surface area contributed by atoms with Gasteiger partial charge in [0, 0.05) is 24.4 Å². The van der Waals surface area contributed by atoms with Crippen molar-refractivity contribution in [3.63, 3.8) is 0 Å². The van der Waals surface area contributed by atoms with E-state index in [1.54, 1.807) is 0 Å². The van der Waals surface area contributed by atoms with Gasteiger partial charge in [-0.15, -0.1) is 0 Å². The second-order valence-corrected chi connectivity index (χ2v) is 5.72. The maximum absolute atomic E-state index is 4.46. The molecule has 0 aliphatic heterocycles. The van der Waals surface area contributed by atoms with Crippen LogP contribution in [0.5, 0.6) is 0 Å². The van der Waals surface area contributed by atoms with E-state index in [0.29, 0.717) is 11.5 Å². The topological polar surface area (TPSA) is 24.9 Å². The molecule has 0 amide bonds. The lowest BCUT2D eigenvalue weighted by atomic mass is 9.86. The number of aryl methyl sites for hydroxylation is 1. The quantitative estimate of drug-likeness (QED) is 0.844. The van der Waals surface area contributed by atoms with Gasteiger partial charge in [0.15, 0.2) is 0 Å². The van der Waals surface area contributed by atoms with E-state index < -0.39 is 0 Å². The van der Waals surface area contributed by atoms with E-state index in [-0.39, 0.29) is 0 Å². The van der Waals surface area contributed by atoms with Crippen LogP contribution in [0.2, 0.25) is 0 Å². The summed E-state index contributed by atoms with van der Waals surface area (Å²) in [5.41, 5.74) is 2.86. The number of hydrogen-bond acceptors (Lipinski definition) is 2. The molecule has 90 valence electrons. The number of nitrogens with zero attached hydrogens (tertiary/aromatic N) is 1. The molecule has 1 atom stereocenters. The molecule has 2 heteroatoms. The van der Waals surface area contributed by atoms with Gasteiger partial charge in [-0.3, -0.25) is 4.98 Å². The largest absolute Gasteiger partial charge is 0.317 e. The van der Waals surface area contributed by atoms with Crippen molar-refractivity contribution in [1.82, 2.24) is 10.3 Å². The van der Waals surface area contributed by atoms with E-state index in [4.69, 9.17) is 0 Å².